The third-order valence-corrected chi connectivity index (χ3v) is 4.49. The predicted molar refractivity (Wildman–Crippen MR) is 83.7 cm³/mol. The molecule has 1 N–H and O–H groups in total. The summed E-state index contributed by atoms with van der Waals surface area (Å²) in [7, 11) is -0.996. The molecule has 114 valence electrons. The number of allylic oxidation sites excluding steroid dienone is 2. The Hall–Kier alpha value is -1.59. The number of aliphatic hydroxyl groups excluding tert-OH is 1. The van der Waals surface area contributed by atoms with Crippen molar-refractivity contribution in [1.29, 1.82) is 0 Å². The summed E-state index contributed by atoms with van der Waals surface area (Å²) in [5.41, 5.74) is 0.809. The second-order valence-corrected chi connectivity index (χ2v) is 6.50. The minimum atomic E-state index is -0.996. The normalized spacial score (nSPS) is 16.1. The lowest BCUT2D eigenvalue weighted by Crippen LogP contribution is -1.97. The second-order valence-electron chi connectivity index (χ2n) is 4.71. The molecule has 0 bridgehead atoms. The van der Waals surface area contributed by atoms with Crippen LogP contribution in [0.4, 0.5) is 0 Å². The number of aliphatic hydroxyl groups is 1. The van der Waals surface area contributed by atoms with Crippen LogP contribution >= 0.6 is 0 Å². The van der Waals surface area contributed by atoms with E-state index in [9.17, 15) is 9.32 Å². The van der Waals surface area contributed by atoms with E-state index in [0.717, 1.165) is 5.56 Å². The molecule has 0 aromatic heterocycles. The van der Waals surface area contributed by atoms with Crippen LogP contribution in [0, 0.1) is 0 Å². The molecule has 1 heterocycles. The molecule has 2 atom stereocenters. The molecular formula is C16H20O4S. The number of hydrogen-bond donors (Lipinski definition) is 1. The van der Waals surface area contributed by atoms with Gasteiger partial charge < -0.3 is 14.6 Å². The van der Waals surface area contributed by atoms with Crippen LogP contribution < -0.4 is 9.47 Å². The Kier molecular flexibility index (Phi) is 5.59. The van der Waals surface area contributed by atoms with Gasteiger partial charge in [-0.1, -0.05) is 31.7 Å². The van der Waals surface area contributed by atoms with E-state index in [0.29, 0.717) is 35.0 Å². The van der Waals surface area contributed by atoms with Crippen LogP contribution in [0.15, 0.2) is 41.8 Å². The van der Waals surface area contributed by atoms with Gasteiger partial charge in [-0.05, 0) is 30.5 Å². The molecule has 0 saturated heterocycles. The zero-order chi connectivity index (χ0) is 15.2. The van der Waals surface area contributed by atoms with Crippen LogP contribution in [0.1, 0.15) is 31.4 Å². The fourth-order valence-corrected chi connectivity index (χ4v) is 2.64. The zero-order valence-corrected chi connectivity index (χ0v) is 12.9. The third kappa shape index (κ3) is 4.19. The molecular weight excluding hydrogens is 288 g/mol. The average Bonchev–Trinajstić information content (AvgIpc) is 2.97. The summed E-state index contributed by atoms with van der Waals surface area (Å²) >= 11 is 0. The average molecular weight is 308 g/mol. The Morgan fingerprint density at radius 1 is 1.48 bits per heavy atom. The highest BCUT2D eigenvalue weighted by molar-refractivity contribution is 7.89. The standard InChI is InChI=1S/C16H20O4S/c1-3-21(18)12(2)6-4-5-7-14(17)13-8-9-15-16(10-13)20-11-19-15/h4,6,8-10,14,17H,2-3,5,7,11H2,1H3/b6-4-. The topological polar surface area (TPSA) is 55.8 Å². The van der Waals surface area contributed by atoms with Gasteiger partial charge in [-0.25, -0.2) is 0 Å². The van der Waals surface area contributed by atoms with Crippen LogP contribution in [0.3, 0.4) is 0 Å². The Balaban J connectivity index is 1.85. The van der Waals surface area contributed by atoms with E-state index in [2.05, 4.69) is 6.58 Å². The molecule has 0 amide bonds. The molecule has 0 spiro atoms. The van der Waals surface area contributed by atoms with Crippen molar-refractivity contribution in [2.75, 3.05) is 12.5 Å². The van der Waals surface area contributed by atoms with E-state index in [4.69, 9.17) is 9.47 Å². The molecule has 0 aliphatic carbocycles. The summed E-state index contributed by atoms with van der Waals surface area (Å²) in [6, 6.07) is 5.46. The minimum absolute atomic E-state index is 0.230. The molecule has 1 aromatic rings. The van der Waals surface area contributed by atoms with Gasteiger partial charge in [0.25, 0.3) is 0 Å². The van der Waals surface area contributed by atoms with Crippen molar-refractivity contribution < 1.29 is 18.8 Å². The van der Waals surface area contributed by atoms with Crippen molar-refractivity contribution >= 4 is 10.8 Å². The molecule has 0 radical (unpaired) electrons. The SMILES string of the molecule is C=C(/C=C\CCC(O)c1ccc2c(c1)OCO2)S(=O)CC. The van der Waals surface area contributed by atoms with E-state index in [-0.39, 0.29) is 6.79 Å². The van der Waals surface area contributed by atoms with Crippen molar-refractivity contribution in [1.82, 2.24) is 0 Å². The number of rotatable bonds is 7. The maximum Gasteiger partial charge on any atom is 0.231 e. The Labute approximate surface area is 127 Å². The van der Waals surface area contributed by atoms with E-state index < -0.39 is 16.9 Å². The van der Waals surface area contributed by atoms with Crippen molar-refractivity contribution in [3.05, 3.63) is 47.4 Å². The first-order valence-electron chi connectivity index (χ1n) is 6.93. The van der Waals surface area contributed by atoms with Gasteiger partial charge in [-0.3, -0.25) is 4.21 Å². The number of hydrogen-bond acceptors (Lipinski definition) is 4. The molecule has 0 fully saturated rings. The van der Waals surface area contributed by atoms with Crippen LogP contribution in [0.2, 0.25) is 0 Å². The highest BCUT2D eigenvalue weighted by Crippen LogP contribution is 2.34. The van der Waals surface area contributed by atoms with E-state index in [1.807, 2.05) is 31.2 Å². The molecule has 1 aliphatic rings. The molecule has 2 unspecified atom stereocenters. The minimum Gasteiger partial charge on any atom is -0.454 e. The Morgan fingerprint density at radius 3 is 3.00 bits per heavy atom. The first-order chi connectivity index (χ1) is 10.1. The van der Waals surface area contributed by atoms with E-state index in [1.54, 1.807) is 6.08 Å². The lowest BCUT2D eigenvalue weighted by molar-refractivity contribution is 0.166. The van der Waals surface area contributed by atoms with Crippen LogP contribution in [0.5, 0.6) is 11.5 Å². The predicted octanol–water partition coefficient (Wildman–Crippen LogP) is 3.07. The van der Waals surface area contributed by atoms with Crippen molar-refractivity contribution in [2.24, 2.45) is 0 Å². The van der Waals surface area contributed by atoms with Gasteiger partial charge in [0.1, 0.15) is 0 Å². The van der Waals surface area contributed by atoms with Gasteiger partial charge in [0.05, 0.1) is 16.9 Å². The van der Waals surface area contributed by atoms with Gasteiger partial charge in [0, 0.05) is 10.7 Å². The van der Waals surface area contributed by atoms with Crippen molar-refractivity contribution in [3.63, 3.8) is 0 Å². The van der Waals surface area contributed by atoms with Crippen molar-refractivity contribution in [2.45, 2.75) is 25.9 Å². The van der Waals surface area contributed by atoms with Crippen LogP contribution in [-0.4, -0.2) is 21.9 Å². The summed E-state index contributed by atoms with van der Waals surface area (Å²) < 4.78 is 22.0. The molecule has 21 heavy (non-hydrogen) atoms. The summed E-state index contributed by atoms with van der Waals surface area (Å²) in [5, 5.41) is 10.2. The summed E-state index contributed by atoms with van der Waals surface area (Å²) in [4.78, 5) is 0.620. The largest absolute Gasteiger partial charge is 0.454 e. The molecule has 5 heteroatoms. The quantitative estimate of drug-likeness (QED) is 0.787. The van der Waals surface area contributed by atoms with Crippen LogP contribution in [0.25, 0.3) is 0 Å². The zero-order valence-electron chi connectivity index (χ0n) is 12.1. The first-order valence-corrected chi connectivity index (χ1v) is 8.25. The monoisotopic (exact) mass is 308 g/mol. The smallest absolute Gasteiger partial charge is 0.231 e. The lowest BCUT2D eigenvalue weighted by atomic mass is 10.0. The van der Waals surface area contributed by atoms with E-state index >= 15 is 0 Å². The van der Waals surface area contributed by atoms with Gasteiger partial charge >= 0.3 is 0 Å². The highest BCUT2D eigenvalue weighted by Gasteiger charge is 2.16. The Morgan fingerprint density at radius 2 is 2.24 bits per heavy atom. The molecule has 4 nitrogen and oxygen atoms in total. The lowest BCUT2D eigenvalue weighted by Gasteiger charge is -2.10. The Bertz CT molecular complexity index is 565. The molecule has 2 rings (SSSR count). The maximum atomic E-state index is 11.5. The van der Waals surface area contributed by atoms with Crippen molar-refractivity contribution in [3.8, 4) is 11.5 Å². The fourth-order valence-electron chi connectivity index (χ4n) is 2.02. The summed E-state index contributed by atoms with van der Waals surface area (Å²) in [6.45, 7) is 5.85. The summed E-state index contributed by atoms with van der Waals surface area (Å²) in [5.74, 6) is 1.96. The fraction of sp³-hybridized carbons (Fsp3) is 0.375. The summed E-state index contributed by atoms with van der Waals surface area (Å²) in [6.07, 6.45) is 4.38. The van der Waals surface area contributed by atoms with Gasteiger partial charge in [0.2, 0.25) is 6.79 Å². The van der Waals surface area contributed by atoms with Gasteiger partial charge in [-0.2, -0.15) is 0 Å². The molecule has 0 saturated carbocycles. The van der Waals surface area contributed by atoms with Crippen LogP contribution in [-0.2, 0) is 10.8 Å². The second kappa shape index (κ2) is 7.43. The van der Waals surface area contributed by atoms with E-state index in [1.165, 1.54) is 0 Å². The first kappa shape index (κ1) is 15.8. The number of benzene rings is 1. The van der Waals surface area contributed by atoms with Gasteiger partial charge in [0.15, 0.2) is 11.5 Å². The van der Waals surface area contributed by atoms with Gasteiger partial charge in [-0.15, -0.1) is 0 Å². The number of ether oxygens (including phenoxy) is 2. The molecule has 1 aliphatic heterocycles. The highest BCUT2D eigenvalue weighted by atomic mass is 32.2. The molecule has 1 aromatic carbocycles. The third-order valence-electron chi connectivity index (χ3n) is 3.25. The number of fused-ring (bicyclic) bond motifs is 1. The maximum absolute atomic E-state index is 11.5.